The molecule has 6 nitrogen and oxygen atoms in total. The molecule has 2 aromatic rings. The van der Waals surface area contributed by atoms with Crippen LogP contribution in [0.2, 0.25) is 0 Å². The van der Waals surface area contributed by atoms with E-state index in [2.05, 4.69) is 25.5 Å². The van der Waals surface area contributed by atoms with E-state index in [1.54, 1.807) is 0 Å². The molecule has 0 radical (unpaired) electrons. The number of aromatic amines is 1. The molecule has 0 unspecified atom stereocenters. The van der Waals surface area contributed by atoms with Gasteiger partial charge in [-0.05, 0) is 6.07 Å². The van der Waals surface area contributed by atoms with Gasteiger partial charge < -0.3 is 5.32 Å². The molecule has 0 spiro atoms. The number of pyridine rings is 1. The van der Waals surface area contributed by atoms with E-state index < -0.39 is 17.7 Å². The quantitative estimate of drug-likeness (QED) is 0.775. The van der Waals surface area contributed by atoms with E-state index in [1.807, 2.05) is 0 Å². The second kappa shape index (κ2) is 5.30. The predicted molar refractivity (Wildman–Crippen MR) is 56.6 cm³/mol. The van der Waals surface area contributed by atoms with Gasteiger partial charge >= 0.3 is 0 Å². The van der Waals surface area contributed by atoms with Crippen LogP contribution >= 0.6 is 0 Å². The molecule has 18 heavy (non-hydrogen) atoms. The first-order chi connectivity index (χ1) is 8.68. The van der Waals surface area contributed by atoms with E-state index in [0.717, 1.165) is 12.3 Å². The number of nitrogens with zero attached hydrogens (tertiary/aromatic N) is 3. The van der Waals surface area contributed by atoms with Gasteiger partial charge in [-0.25, -0.2) is 14.4 Å². The predicted octanol–water partition coefficient (Wildman–Crippen LogP) is 0.450. The van der Waals surface area contributed by atoms with Crippen molar-refractivity contribution >= 4 is 5.91 Å². The lowest BCUT2D eigenvalue weighted by molar-refractivity contribution is 0.0948. The van der Waals surface area contributed by atoms with Crippen LogP contribution in [0.5, 0.6) is 0 Å². The number of halogens is 2. The molecule has 0 aliphatic heterocycles. The van der Waals surface area contributed by atoms with Crippen molar-refractivity contribution in [2.24, 2.45) is 0 Å². The fraction of sp³-hybridized carbons (Fsp3) is 0.200. The van der Waals surface area contributed by atoms with E-state index in [-0.39, 0.29) is 12.1 Å². The summed E-state index contributed by atoms with van der Waals surface area (Å²) in [6.45, 7) is 0.234. The molecule has 1 amide bonds. The lowest BCUT2D eigenvalue weighted by Crippen LogP contribution is -2.27. The average molecular weight is 253 g/mol. The second-order valence-corrected chi connectivity index (χ2v) is 3.40. The standard InChI is InChI=1S/C10H9F2N5O/c11-8-6(1-3-13-9(8)12)10(18)14-4-2-7-15-5-16-17-7/h1,3,5H,2,4H2,(H,14,18)(H,15,16,17). The van der Waals surface area contributed by atoms with Crippen molar-refractivity contribution in [3.8, 4) is 0 Å². The highest BCUT2D eigenvalue weighted by atomic mass is 19.2. The molecule has 8 heteroatoms. The smallest absolute Gasteiger partial charge is 0.254 e. The summed E-state index contributed by atoms with van der Waals surface area (Å²) >= 11 is 0. The summed E-state index contributed by atoms with van der Waals surface area (Å²) in [4.78, 5) is 18.5. The van der Waals surface area contributed by atoms with E-state index in [4.69, 9.17) is 0 Å². The largest absolute Gasteiger partial charge is 0.351 e. The van der Waals surface area contributed by atoms with E-state index >= 15 is 0 Å². The number of amides is 1. The minimum Gasteiger partial charge on any atom is -0.351 e. The number of carbonyl (C=O) groups excluding carboxylic acids is 1. The molecule has 0 atom stereocenters. The van der Waals surface area contributed by atoms with Gasteiger partial charge in [-0.15, -0.1) is 0 Å². The zero-order valence-electron chi connectivity index (χ0n) is 9.15. The first-order valence-electron chi connectivity index (χ1n) is 5.11. The Balaban J connectivity index is 1.93. The van der Waals surface area contributed by atoms with Crippen molar-refractivity contribution in [3.63, 3.8) is 0 Å². The van der Waals surface area contributed by atoms with Crippen molar-refractivity contribution in [1.29, 1.82) is 0 Å². The van der Waals surface area contributed by atoms with E-state index in [9.17, 15) is 13.6 Å². The molecule has 2 rings (SSSR count). The second-order valence-electron chi connectivity index (χ2n) is 3.40. The Hall–Kier alpha value is -2.38. The summed E-state index contributed by atoms with van der Waals surface area (Å²) in [6.07, 6.45) is 2.79. The summed E-state index contributed by atoms with van der Waals surface area (Å²) in [7, 11) is 0. The SMILES string of the molecule is O=C(NCCc1ncn[nH]1)c1ccnc(F)c1F. The van der Waals surface area contributed by atoms with Gasteiger partial charge in [-0.1, -0.05) is 0 Å². The maximum atomic E-state index is 13.2. The lowest BCUT2D eigenvalue weighted by atomic mass is 10.2. The first kappa shape index (κ1) is 12.1. The van der Waals surface area contributed by atoms with Gasteiger partial charge in [0.15, 0.2) is 5.82 Å². The first-order valence-corrected chi connectivity index (χ1v) is 5.11. The molecule has 0 saturated heterocycles. The molecule has 0 aliphatic carbocycles. The van der Waals surface area contributed by atoms with Gasteiger partial charge in [0.1, 0.15) is 12.2 Å². The molecule has 2 aromatic heterocycles. The van der Waals surface area contributed by atoms with Crippen LogP contribution in [0, 0.1) is 11.8 Å². The number of rotatable bonds is 4. The Labute approximate surface area is 100 Å². The summed E-state index contributed by atoms with van der Waals surface area (Å²) < 4.78 is 26.0. The highest BCUT2D eigenvalue weighted by Crippen LogP contribution is 2.08. The molecular formula is C10H9F2N5O. The van der Waals surface area contributed by atoms with Gasteiger partial charge in [0.05, 0.1) is 5.56 Å². The van der Waals surface area contributed by atoms with Gasteiger partial charge in [-0.3, -0.25) is 9.89 Å². The third-order valence-electron chi connectivity index (χ3n) is 2.20. The van der Waals surface area contributed by atoms with Crippen LogP contribution in [0.15, 0.2) is 18.6 Å². The third kappa shape index (κ3) is 2.65. The molecular weight excluding hydrogens is 244 g/mol. The van der Waals surface area contributed by atoms with Crippen LogP contribution in [0.25, 0.3) is 0 Å². The number of hydrogen-bond donors (Lipinski definition) is 2. The van der Waals surface area contributed by atoms with Crippen molar-refractivity contribution < 1.29 is 13.6 Å². The third-order valence-corrected chi connectivity index (χ3v) is 2.20. The van der Waals surface area contributed by atoms with E-state index in [0.29, 0.717) is 12.2 Å². The molecule has 0 saturated carbocycles. The van der Waals surface area contributed by atoms with Crippen LogP contribution in [-0.2, 0) is 6.42 Å². The van der Waals surface area contributed by atoms with Crippen LogP contribution in [0.4, 0.5) is 8.78 Å². The summed E-state index contributed by atoms with van der Waals surface area (Å²) in [5.41, 5.74) is -0.375. The van der Waals surface area contributed by atoms with Gasteiger partial charge in [0.2, 0.25) is 5.95 Å². The molecule has 0 aromatic carbocycles. The van der Waals surface area contributed by atoms with Crippen molar-refractivity contribution in [2.75, 3.05) is 6.54 Å². The molecule has 94 valence electrons. The topological polar surface area (TPSA) is 83.6 Å². The molecule has 0 bridgehead atoms. The normalized spacial score (nSPS) is 10.3. The zero-order chi connectivity index (χ0) is 13.0. The lowest BCUT2D eigenvalue weighted by Gasteiger charge is -2.04. The van der Waals surface area contributed by atoms with E-state index in [1.165, 1.54) is 6.33 Å². The number of aromatic nitrogens is 4. The van der Waals surface area contributed by atoms with Crippen LogP contribution in [0.1, 0.15) is 16.2 Å². The summed E-state index contributed by atoms with van der Waals surface area (Å²) in [5.74, 6) is -2.66. The van der Waals surface area contributed by atoms with Crippen LogP contribution in [0.3, 0.4) is 0 Å². The van der Waals surface area contributed by atoms with Gasteiger partial charge in [0, 0.05) is 19.2 Å². The van der Waals surface area contributed by atoms with Crippen molar-refractivity contribution in [2.45, 2.75) is 6.42 Å². The molecule has 0 fully saturated rings. The fourth-order valence-corrected chi connectivity index (χ4v) is 1.33. The van der Waals surface area contributed by atoms with Crippen LogP contribution in [-0.4, -0.2) is 32.6 Å². The summed E-state index contributed by atoms with van der Waals surface area (Å²) in [6, 6.07) is 1.11. The number of hydrogen-bond acceptors (Lipinski definition) is 4. The molecule has 2 heterocycles. The Morgan fingerprint density at radius 1 is 1.39 bits per heavy atom. The summed E-state index contributed by atoms with van der Waals surface area (Å²) in [5, 5.41) is 8.70. The monoisotopic (exact) mass is 253 g/mol. The number of H-pyrrole nitrogens is 1. The highest BCUT2D eigenvalue weighted by molar-refractivity contribution is 5.94. The van der Waals surface area contributed by atoms with Crippen LogP contribution < -0.4 is 5.32 Å². The molecule has 2 N–H and O–H groups in total. The Kier molecular flexibility index (Phi) is 3.56. The Morgan fingerprint density at radius 2 is 2.22 bits per heavy atom. The van der Waals surface area contributed by atoms with Gasteiger partial charge in [-0.2, -0.15) is 9.49 Å². The fourth-order valence-electron chi connectivity index (χ4n) is 1.33. The maximum absolute atomic E-state index is 13.2. The zero-order valence-corrected chi connectivity index (χ0v) is 9.15. The maximum Gasteiger partial charge on any atom is 0.254 e. The minimum atomic E-state index is -1.29. The Bertz CT molecular complexity index is 543. The van der Waals surface area contributed by atoms with Gasteiger partial charge in [0.25, 0.3) is 5.91 Å². The van der Waals surface area contributed by atoms with Crippen molar-refractivity contribution in [3.05, 3.63) is 41.7 Å². The Morgan fingerprint density at radius 3 is 2.94 bits per heavy atom. The average Bonchev–Trinajstić information content (AvgIpc) is 2.85. The minimum absolute atomic E-state index is 0.234. The highest BCUT2D eigenvalue weighted by Gasteiger charge is 2.15. The molecule has 0 aliphatic rings. The number of carbonyl (C=O) groups is 1. The number of nitrogens with one attached hydrogen (secondary N) is 2. The van der Waals surface area contributed by atoms with Crippen molar-refractivity contribution in [1.82, 2.24) is 25.5 Å².